The molecule has 0 bridgehead atoms. The minimum absolute atomic E-state index is 0.230. The fourth-order valence-electron chi connectivity index (χ4n) is 2.92. The van der Waals surface area contributed by atoms with E-state index < -0.39 is 17.8 Å². The van der Waals surface area contributed by atoms with Gasteiger partial charge in [0.05, 0.1) is 11.3 Å². The molecule has 2 amide bonds. The van der Waals surface area contributed by atoms with Crippen molar-refractivity contribution in [2.45, 2.75) is 32.4 Å². The second kappa shape index (κ2) is 8.37. The van der Waals surface area contributed by atoms with Gasteiger partial charge >= 0.3 is 12.2 Å². The first kappa shape index (κ1) is 18.6. The average Bonchev–Trinajstić information content (AvgIpc) is 2.53. The smallest absolute Gasteiger partial charge is 0.338 e. The number of halogens is 3. The van der Waals surface area contributed by atoms with Crippen molar-refractivity contribution in [3.05, 3.63) is 29.8 Å². The highest BCUT2D eigenvalue weighted by Crippen LogP contribution is 2.34. The third-order valence-corrected chi connectivity index (χ3v) is 4.11. The third kappa shape index (κ3) is 5.70. The topological polar surface area (TPSA) is 44.4 Å². The SMILES string of the molecule is CC(CNC(=O)Nc1ccccc1C(F)(F)F)CN1CCCCC1. The van der Waals surface area contributed by atoms with E-state index in [1.807, 2.05) is 6.92 Å². The van der Waals surface area contributed by atoms with Gasteiger partial charge < -0.3 is 15.5 Å². The molecule has 1 aliphatic heterocycles. The Balaban J connectivity index is 1.81. The molecule has 0 saturated carbocycles. The van der Waals surface area contributed by atoms with E-state index in [9.17, 15) is 18.0 Å². The summed E-state index contributed by atoms with van der Waals surface area (Å²) in [5.74, 6) is 0.242. The molecule has 0 aliphatic carbocycles. The summed E-state index contributed by atoms with van der Waals surface area (Å²) in [4.78, 5) is 14.3. The number of hydrogen-bond acceptors (Lipinski definition) is 2. The number of carbonyl (C=O) groups excluding carboxylic acids is 1. The number of amides is 2. The largest absolute Gasteiger partial charge is 0.418 e. The number of carbonyl (C=O) groups is 1. The predicted octanol–water partition coefficient (Wildman–Crippen LogP) is 3.95. The number of benzene rings is 1. The number of hydrogen-bond donors (Lipinski definition) is 2. The Hall–Kier alpha value is -1.76. The van der Waals surface area contributed by atoms with Gasteiger partial charge in [-0.05, 0) is 44.0 Å². The summed E-state index contributed by atoms with van der Waals surface area (Å²) in [6.07, 6.45) is -0.820. The van der Waals surface area contributed by atoms with E-state index in [-0.39, 0.29) is 11.6 Å². The lowest BCUT2D eigenvalue weighted by Gasteiger charge is -2.29. The van der Waals surface area contributed by atoms with Gasteiger partial charge in [0, 0.05) is 13.1 Å². The molecule has 1 aromatic rings. The normalized spacial score (nSPS) is 17.3. The van der Waals surface area contributed by atoms with Crippen molar-refractivity contribution >= 4 is 11.7 Å². The number of rotatable bonds is 5. The summed E-state index contributed by atoms with van der Waals surface area (Å²) in [7, 11) is 0. The van der Waals surface area contributed by atoms with Crippen LogP contribution in [0.2, 0.25) is 0 Å². The van der Waals surface area contributed by atoms with Gasteiger partial charge in [0.1, 0.15) is 0 Å². The highest BCUT2D eigenvalue weighted by Gasteiger charge is 2.33. The molecule has 24 heavy (non-hydrogen) atoms. The first-order valence-corrected chi connectivity index (χ1v) is 8.29. The van der Waals surface area contributed by atoms with E-state index >= 15 is 0 Å². The Kier molecular flexibility index (Phi) is 6.48. The lowest BCUT2D eigenvalue weighted by molar-refractivity contribution is -0.136. The first-order valence-electron chi connectivity index (χ1n) is 8.29. The van der Waals surface area contributed by atoms with E-state index in [1.54, 1.807) is 0 Å². The van der Waals surface area contributed by atoms with Crippen LogP contribution in [0.3, 0.4) is 0 Å². The molecule has 1 aliphatic rings. The zero-order valence-electron chi connectivity index (χ0n) is 13.8. The maximum atomic E-state index is 12.9. The van der Waals surface area contributed by atoms with Gasteiger partial charge in [-0.3, -0.25) is 0 Å². The lowest BCUT2D eigenvalue weighted by atomic mass is 10.1. The second-order valence-electron chi connectivity index (χ2n) is 6.34. The molecular weight excluding hydrogens is 319 g/mol. The van der Waals surface area contributed by atoms with E-state index in [0.717, 1.165) is 25.7 Å². The Labute approximate surface area is 140 Å². The number of piperidine rings is 1. The molecule has 0 spiro atoms. The van der Waals surface area contributed by atoms with Crippen LogP contribution < -0.4 is 10.6 Å². The summed E-state index contributed by atoms with van der Waals surface area (Å²) < 4.78 is 38.7. The fraction of sp³-hybridized carbons (Fsp3) is 0.588. The van der Waals surface area contributed by atoms with Crippen molar-refractivity contribution in [1.82, 2.24) is 10.2 Å². The summed E-state index contributed by atoms with van der Waals surface area (Å²) in [6.45, 7) is 5.50. The van der Waals surface area contributed by atoms with E-state index in [4.69, 9.17) is 0 Å². The van der Waals surface area contributed by atoms with Crippen molar-refractivity contribution in [2.24, 2.45) is 5.92 Å². The van der Waals surface area contributed by atoms with E-state index in [2.05, 4.69) is 15.5 Å². The number of likely N-dealkylation sites (tertiary alicyclic amines) is 1. The van der Waals surface area contributed by atoms with Crippen LogP contribution in [0, 0.1) is 5.92 Å². The van der Waals surface area contributed by atoms with Crippen molar-refractivity contribution in [3.63, 3.8) is 0 Å². The van der Waals surface area contributed by atoms with Crippen molar-refractivity contribution < 1.29 is 18.0 Å². The molecule has 134 valence electrons. The average molecular weight is 343 g/mol. The van der Waals surface area contributed by atoms with Crippen LogP contribution in [0.4, 0.5) is 23.7 Å². The van der Waals surface area contributed by atoms with Crippen LogP contribution in [0.15, 0.2) is 24.3 Å². The van der Waals surface area contributed by atoms with Gasteiger partial charge in [0.25, 0.3) is 0 Å². The number of para-hydroxylation sites is 1. The highest BCUT2D eigenvalue weighted by atomic mass is 19.4. The summed E-state index contributed by atoms with van der Waals surface area (Å²) in [6, 6.07) is 4.35. The molecule has 1 atom stereocenters. The second-order valence-corrected chi connectivity index (χ2v) is 6.34. The maximum absolute atomic E-state index is 12.9. The molecule has 4 nitrogen and oxygen atoms in total. The molecule has 1 heterocycles. The van der Waals surface area contributed by atoms with Crippen LogP contribution in [-0.4, -0.2) is 37.1 Å². The molecular formula is C17H24F3N3O. The Morgan fingerprint density at radius 2 is 1.88 bits per heavy atom. The molecule has 1 aromatic carbocycles. The van der Waals surface area contributed by atoms with Gasteiger partial charge in [0.2, 0.25) is 0 Å². The van der Waals surface area contributed by atoms with Crippen LogP contribution in [0.25, 0.3) is 0 Å². The number of alkyl halides is 3. The van der Waals surface area contributed by atoms with E-state index in [0.29, 0.717) is 6.54 Å². The van der Waals surface area contributed by atoms with Gasteiger partial charge in [0.15, 0.2) is 0 Å². The lowest BCUT2D eigenvalue weighted by Crippen LogP contribution is -2.39. The monoisotopic (exact) mass is 343 g/mol. The first-order chi connectivity index (χ1) is 11.4. The molecule has 1 saturated heterocycles. The van der Waals surface area contributed by atoms with Crippen LogP contribution >= 0.6 is 0 Å². The summed E-state index contributed by atoms with van der Waals surface area (Å²) >= 11 is 0. The van der Waals surface area contributed by atoms with Gasteiger partial charge in [-0.1, -0.05) is 25.5 Å². The van der Waals surface area contributed by atoms with Gasteiger partial charge in [-0.15, -0.1) is 0 Å². The Morgan fingerprint density at radius 3 is 2.54 bits per heavy atom. The van der Waals surface area contributed by atoms with Crippen LogP contribution in [0.1, 0.15) is 31.7 Å². The zero-order valence-corrected chi connectivity index (χ0v) is 13.8. The molecule has 2 N–H and O–H groups in total. The molecule has 0 aromatic heterocycles. The predicted molar refractivity (Wildman–Crippen MR) is 87.9 cm³/mol. The van der Waals surface area contributed by atoms with Crippen LogP contribution in [0.5, 0.6) is 0 Å². The molecule has 7 heteroatoms. The minimum atomic E-state index is -4.49. The number of nitrogens with zero attached hydrogens (tertiary/aromatic N) is 1. The minimum Gasteiger partial charge on any atom is -0.338 e. The number of urea groups is 1. The fourth-order valence-corrected chi connectivity index (χ4v) is 2.92. The highest BCUT2D eigenvalue weighted by molar-refractivity contribution is 5.90. The maximum Gasteiger partial charge on any atom is 0.418 e. The Bertz CT molecular complexity index is 542. The molecule has 2 rings (SSSR count). The Morgan fingerprint density at radius 1 is 1.21 bits per heavy atom. The summed E-state index contributed by atoms with van der Waals surface area (Å²) in [5.41, 5.74) is -1.08. The van der Waals surface area contributed by atoms with Gasteiger partial charge in [-0.25, -0.2) is 4.79 Å². The standard InChI is InChI=1S/C17H24F3N3O/c1-13(12-23-9-5-2-6-10-23)11-21-16(24)22-15-8-4-3-7-14(15)17(18,19)20/h3-4,7-8,13H,2,5-6,9-12H2,1H3,(H2,21,22,24). The number of anilines is 1. The zero-order chi connectivity index (χ0) is 17.6. The molecule has 1 unspecified atom stereocenters. The van der Waals surface area contributed by atoms with E-state index in [1.165, 1.54) is 37.5 Å². The van der Waals surface area contributed by atoms with Crippen LogP contribution in [-0.2, 0) is 6.18 Å². The van der Waals surface area contributed by atoms with Gasteiger partial charge in [-0.2, -0.15) is 13.2 Å². The van der Waals surface area contributed by atoms with Crippen molar-refractivity contribution in [2.75, 3.05) is 31.5 Å². The third-order valence-electron chi connectivity index (χ3n) is 4.11. The number of nitrogens with one attached hydrogen (secondary N) is 2. The molecule has 0 radical (unpaired) electrons. The van der Waals surface area contributed by atoms with Crippen molar-refractivity contribution in [3.8, 4) is 0 Å². The molecule has 1 fully saturated rings. The van der Waals surface area contributed by atoms with Crippen molar-refractivity contribution in [1.29, 1.82) is 0 Å². The quantitative estimate of drug-likeness (QED) is 0.850. The summed E-state index contributed by atoms with van der Waals surface area (Å²) in [5, 5.41) is 4.95.